The predicted molar refractivity (Wildman–Crippen MR) is 72.6 cm³/mol. The summed E-state index contributed by atoms with van der Waals surface area (Å²) in [6.07, 6.45) is 2.86. The van der Waals surface area contributed by atoms with Crippen LogP contribution in [0.25, 0.3) is 0 Å². The highest BCUT2D eigenvalue weighted by molar-refractivity contribution is 7.11. The third-order valence-corrected chi connectivity index (χ3v) is 3.41. The van der Waals surface area contributed by atoms with Crippen LogP contribution in [0.1, 0.15) is 26.4 Å². The molecule has 0 fully saturated rings. The molecule has 0 bridgehead atoms. The lowest BCUT2D eigenvalue weighted by atomic mass is 10.2. The Morgan fingerprint density at radius 3 is 2.85 bits per heavy atom. The van der Waals surface area contributed by atoms with Crippen LogP contribution in [0.2, 0.25) is 0 Å². The van der Waals surface area contributed by atoms with Crippen molar-refractivity contribution < 1.29 is 19.4 Å². The van der Waals surface area contributed by atoms with E-state index in [-0.39, 0.29) is 16.1 Å². The zero-order chi connectivity index (χ0) is 14.7. The summed E-state index contributed by atoms with van der Waals surface area (Å²) >= 11 is 0.922. The molecule has 2 N–H and O–H groups in total. The van der Waals surface area contributed by atoms with Crippen LogP contribution >= 0.6 is 11.5 Å². The largest absolute Gasteiger partial charge is 0.494 e. The average Bonchev–Trinajstić information content (AvgIpc) is 2.79. The van der Waals surface area contributed by atoms with Gasteiger partial charge in [0.2, 0.25) is 0 Å². The number of ether oxygens (including phenoxy) is 1. The second-order valence-corrected chi connectivity index (χ2v) is 4.58. The molecule has 2 aromatic rings. The molecule has 0 spiro atoms. The molecule has 2 aromatic heterocycles. The Bertz CT molecular complexity index is 668. The van der Waals surface area contributed by atoms with Crippen molar-refractivity contribution in [1.29, 1.82) is 0 Å². The highest BCUT2D eigenvalue weighted by atomic mass is 32.1. The van der Waals surface area contributed by atoms with E-state index in [0.717, 1.165) is 11.5 Å². The number of carboxylic acids is 1. The number of aromatic nitrogens is 2. The summed E-state index contributed by atoms with van der Waals surface area (Å²) < 4.78 is 8.96. The van der Waals surface area contributed by atoms with Gasteiger partial charge in [-0.3, -0.25) is 9.78 Å². The normalized spacial score (nSPS) is 10.1. The molecule has 0 aliphatic heterocycles. The van der Waals surface area contributed by atoms with Crippen molar-refractivity contribution >= 4 is 28.4 Å². The highest BCUT2D eigenvalue weighted by Gasteiger charge is 2.21. The van der Waals surface area contributed by atoms with Crippen molar-refractivity contribution in [2.45, 2.75) is 6.92 Å². The summed E-state index contributed by atoms with van der Waals surface area (Å²) in [6.45, 7) is 1.57. The maximum atomic E-state index is 12.1. The quantitative estimate of drug-likeness (QED) is 0.891. The first-order valence-electron chi connectivity index (χ1n) is 5.53. The minimum Gasteiger partial charge on any atom is -0.494 e. The van der Waals surface area contributed by atoms with Crippen molar-refractivity contribution in [3.63, 3.8) is 0 Å². The first-order chi connectivity index (χ1) is 9.54. The minimum absolute atomic E-state index is 0.00336. The van der Waals surface area contributed by atoms with Gasteiger partial charge in [0.05, 0.1) is 24.6 Å². The van der Waals surface area contributed by atoms with E-state index in [9.17, 15) is 9.59 Å². The SMILES string of the molecule is COc1cnccc1C(=O)Nc1snc(C)c1C(=O)O. The number of amides is 1. The van der Waals surface area contributed by atoms with Gasteiger partial charge in [0.25, 0.3) is 5.91 Å². The minimum atomic E-state index is -1.13. The first-order valence-corrected chi connectivity index (χ1v) is 6.31. The second kappa shape index (κ2) is 5.66. The second-order valence-electron chi connectivity index (χ2n) is 3.81. The lowest BCUT2D eigenvalue weighted by molar-refractivity contribution is 0.0697. The van der Waals surface area contributed by atoms with Crippen molar-refractivity contribution in [1.82, 2.24) is 9.36 Å². The highest BCUT2D eigenvalue weighted by Crippen LogP contribution is 2.26. The zero-order valence-corrected chi connectivity index (χ0v) is 11.5. The third-order valence-electron chi connectivity index (χ3n) is 2.55. The van der Waals surface area contributed by atoms with Gasteiger partial charge < -0.3 is 15.2 Å². The molecule has 8 heteroatoms. The number of anilines is 1. The molecule has 0 atom stereocenters. The molecule has 1 amide bonds. The van der Waals surface area contributed by atoms with Crippen LogP contribution in [-0.4, -0.2) is 33.5 Å². The first kappa shape index (κ1) is 13.9. The third kappa shape index (κ3) is 2.59. The van der Waals surface area contributed by atoms with E-state index in [1.807, 2.05) is 0 Å². The number of pyridine rings is 1. The lowest BCUT2D eigenvalue weighted by Crippen LogP contribution is -2.14. The molecule has 0 radical (unpaired) electrons. The van der Waals surface area contributed by atoms with E-state index in [4.69, 9.17) is 9.84 Å². The summed E-state index contributed by atoms with van der Waals surface area (Å²) in [5, 5.41) is 11.8. The molecule has 0 aliphatic carbocycles. The molecular weight excluding hydrogens is 282 g/mol. The van der Waals surface area contributed by atoms with Crippen molar-refractivity contribution in [3.05, 3.63) is 35.3 Å². The van der Waals surface area contributed by atoms with E-state index in [2.05, 4.69) is 14.7 Å². The summed E-state index contributed by atoms with van der Waals surface area (Å²) in [7, 11) is 1.42. The average molecular weight is 293 g/mol. The smallest absolute Gasteiger partial charge is 0.340 e. The maximum Gasteiger partial charge on any atom is 0.340 e. The molecule has 0 saturated heterocycles. The van der Waals surface area contributed by atoms with E-state index in [1.54, 1.807) is 6.92 Å². The molecule has 0 saturated carbocycles. The van der Waals surface area contributed by atoms with E-state index in [1.165, 1.54) is 25.6 Å². The van der Waals surface area contributed by atoms with Gasteiger partial charge in [-0.05, 0) is 24.5 Å². The van der Waals surface area contributed by atoms with E-state index < -0.39 is 11.9 Å². The molecule has 0 aliphatic rings. The number of nitrogens with zero attached hydrogens (tertiary/aromatic N) is 2. The summed E-state index contributed by atoms with van der Waals surface area (Å²) in [6, 6.07) is 1.49. The van der Waals surface area contributed by atoms with Crippen LogP contribution < -0.4 is 10.1 Å². The summed E-state index contributed by atoms with van der Waals surface area (Å²) in [4.78, 5) is 27.1. The van der Waals surface area contributed by atoms with Crippen LogP contribution in [0.4, 0.5) is 5.00 Å². The number of aryl methyl sites for hydroxylation is 1. The van der Waals surface area contributed by atoms with Crippen LogP contribution in [0.5, 0.6) is 5.75 Å². The number of aromatic carboxylic acids is 1. The Hall–Kier alpha value is -2.48. The predicted octanol–water partition coefficient (Wildman–Crippen LogP) is 1.81. The van der Waals surface area contributed by atoms with Crippen molar-refractivity contribution in [2.24, 2.45) is 0 Å². The fourth-order valence-electron chi connectivity index (χ4n) is 1.61. The number of rotatable bonds is 4. The Kier molecular flexibility index (Phi) is 3.94. The Morgan fingerprint density at radius 2 is 2.20 bits per heavy atom. The van der Waals surface area contributed by atoms with Crippen molar-refractivity contribution in [2.75, 3.05) is 12.4 Å². The molecule has 7 nitrogen and oxygen atoms in total. The fraction of sp³-hybridized carbons (Fsp3) is 0.167. The number of carboxylic acid groups (broad SMARTS) is 1. The van der Waals surface area contributed by atoms with Gasteiger partial charge in [0.15, 0.2) is 0 Å². The number of hydrogen-bond acceptors (Lipinski definition) is 6. The topological polar surface area (TPSA) is 101 Å². The number of carbonyl (C=O) groups is 2. The number of nitrogens with one attached hydrogen (secondary N) is 1. The van der Waals surface area contributed by atoms with Gasteiger partial charge in [0, 0.05) is 6.20 Å². The summed E-state index contributed by atoms with van der Waals surface area (Å²) in [5.74, 6) is -1.30. The number of methoxy groups -OCH3 is 1. The van der Waals surface area contributed by atoms with Crippen LogP contribution in [-0.2, 0) is 0 Å². The van der Waals surface area contributed by atoms with E-state index in [0.29, 0.717) is 11.4 Å². The van der Waals surface area contributed by atoms with E-state index >= 15 is 0 Å². The van der Waals surface area contributed by atoms with Gasteiger partial charge in [-0.25, -0.2) is 4.79 Å². The van der Waals surface area contributed by atoms with Gasteiger partial charge in [-0.1, -0.05) is 0 Å². The standard InChI is InChI=1S/C12H11N3O4S/c1-6-9(12(17)18)11(20-15-6)14-10(16)7-3-4-13-5-8(7)19-2/h3-5H,1-2H3,(H,14,16)(H,17,18). The van der Waals surface area contributed by atoms with Gasteiger partial charge in [-0.15, -0.1) is 0 Å². The Balaban J connectivity index is 2.31. The van der Waals surface area contributed by atoms with Crippen LogP contribution in [0, 0.1) is 6.92 Å². The molecule has 0 unspecified atom stereocenters. The monoisotopic (exact) mass is 293 g/mol. The molecule has 104 valence electrons. The zero-order valence-electron chi connectivity index (χ0n) is 10.7. The van der Waals surface area contributed by atoms with Crippen LogP contribution in [0.15, 0.2) is 18.5 Å². The number of carbonyl (C=O) groups excluding carboxylic acids is 1. The molecule has 20 heavy (non-hydrogen) atoms. The van der Waals surface area contributed by atoms with Gasteiger partial charge in [-0.2, -0.15) is 4.37 Å². The maximum absolute atomic E-state index is 12.1. The lowest BCUT2D eigenvalue weighted by Gasteiger charge is -2.07. The van der Waals surface area contributed by atoms with Crippen molar-refractivity contribution in [3.8, 4) is 5.75 Å². The number of hydrogen-bond donors (Lipinski definition) is 2. The Labute approximate surface area is 118 Å². The fourth-order valence-corrected chi connectivity index (χ4v) is 2.39. The van der Waals surface area contributed by atoms with Gasteiger partial charge >= 0.3 is 5.97 Å². The van der Waals surface area contributed by atoms with Gasteiger partial charge in [0.1, 0.15) is 16.3 Å². The molecule has 2 heterocycles. The molecule has 0 aromatic carbocycles. The molecule has 2 rings (SSSR count). The Morgan fingerprint density at radius 1 is 1.45 bits per heavy atom. The van der Waals surface area contributed by atoms with Crippen LogP contribution in [0.3, 0.4) is 0 Å². The summed E-state index contributed by atoms with van der Waals surface area (Å²) in [5.41, 5.74) is 0.626. The molecular formula is C12H11N3O4S.